The van der Waals surface area contributed by atoms with Crippen LogP contribution in [0, 0.1) is 5.82 Å². The number of rotatable bonds is 2. The Morgan fingerprint density at radius 2 is 1.81 bits per heavy atom. The van der Waals surface area contributed by atoms with E-state index in [-0.39, 0.29) is 6.07 Å². The van der Waals surface area contributed by atoms with Gasteiger partial charge >= 0.3 is 13.3 Å². The van der Waals surface area contributed by atoms with Crippen LogP contribution < -0.4 is 10.2 Å². The van der Waals surface area contributed by atoms with Crippen molar-refractivity contribution in [2.24, 2.45) is 0 Å². The average molecular weight is 238 g/mol. The summed E-state index contributed by atoms with van der Waals surface area (Å²) in [6.45, 7) is 0. The minimum absolute atomic E-state index is 0.227. The van der Waals surface area contributed by atoms with Crippen molar-refractivity contribution in [2.75, 3.05) is 7.11 Å². The molecule has 0 amide bonds. The van der Waals surface area contributed by atoms with Crippen molar-refractivity contribution >= 4 is 12.6 Å². The van der Waals surface area contributed by atoms with E-state index >= 15 is 0 Å². The maximum Gasteiger partial charge on any atom is 0.492 e. The van der Waals surface area contributed by atoms with E-state index in [0.717, 1.165) is 7.11 Å². The van der Waals surface area contributed by atoms with Gasteiger partial charge in [0.2, 0.25) is 0 Å². The summed E-state index contributed by atoms with van der Waals surface area (Å²) in [7, 11) is -1.32. The van der Waals surface area contributed by atoms with Gasteiger partial charge in [-0.2, -0.15) is 13.2 Å². The molecular weight excluding hydrogens is 231 g/mol. The fourth-order valence-corrected chi connectivity index (χ4v) is 1.24. The molecule has 0 saturated carbocycles. The number of hydrogen-bond donors (Lipinski definition) is 2. The van der Waals surface area contributed by atoms with Crippen molar-refractivity contribution in [3.63, 3.8) is 0 Å². The van der Waals surface area contributed by atoms with Gasteiger partial charge in [-0.15, -0.1) is 0 Å². The number of benzene rings is 1. The summed E-state index contributed by atoms with van der Waals surface area (Å²) in [5.41, 5.74) is -2.06. The molecule has 3 nitrogen and oxygen atoms in total. The highest BCUT2D eigenvalue weighted by molar-refractivity contribution is 6.59. The first-order valence-corrected chi connectivity index (χ1v) is 4.08. The molecule has 0 fully saturated rings. The molecule has 8 heteroatoms. The van der Waals surface area contributed by atoms with Gasteiger partial charge in [0.25, 0.3) is 0 Å². The zero-order valence-corrected chi connectivity index (χ0v) is 8.05. The molecule has 0 atom stereocenters. The van der Waals surface area contributed by atoms with Crippen molar-refractivity contribution in [3.8, 4) is 5.75 Å². The lowest BCUT2D eigenvalue weighted by Crippen LogP contribution is -2.33. The number of methoxy groups -OCH3 is 1. The molecule has 0 aliphatic carbocycles. The first kappa shape index (κ1) is 12.8. The lowest BCUT2D eigenvalue weighted by Gasteiger charge is -2.15. The third-order valence-corrected chi connectivity index (χ3v) is 1.87. The van der Waals surface area contributed by atoms with Gasteiger partial charge in [0, 0.05) is 5.46 Å². The van der Waals surface area contributed by atoms with E-state index in [1.165, 1.54) is 0 Å². The fraction of sp³-hybridized carbons (Fsp3) is 0.250. The van der Waals surface area contributed by atoms with Crippen molar-refractivity contribution in [1.82, 2.24) is 0 Å². The van der Waals surface area contributed by atoms with Crippen LogP contribution in [0.3, 0.4) is 0 Å². The highest BCUT2D eigenvalue weighted by Gasteiger charge is 2.37. The molecule has 1 rings (SSSR count). The van der Waals surface area contributed by atoms with Gasteiger partial charge in [-0.1, -0.05) is 0 Å². The molecule has 0 bridgehead atoms. The smallest absolute Gasteiger partial charge is 0.492 e. The fourth-order valence-electron chi connectivity index (χ4n) is 1.24. The van der Waals surface area contributed by atoms with Gasteiger partial charge in [-0.05, 0) is 12.1 Å². The van der Waals surface area contributed by atoms with Crippen molar-refractivity contribution in [3.05, 3.63) is 23.5 Å². The Kier molecular flexibility index (Phi) is 3.44. The normalized spacial score (nSPS) is 11.4. The zero-order chi connectivity index (χ0) is 12.5. The number of hydrogen-bond acceptors (Lipinski definition) is 3. The molecule has 0 unspecified atom stereocenters. The minimum atomic E-state index is -4.84. The van der Waals surface area contributed by atoms with E-state index < -0.39 is 35.9 Å². The quantitative estimate of drug-likeness (QED) is 0.583. The van der Waals surface area contributed by atoms with E-state index in [2.05, 4.69) is 4.74 Å². The van der Waals surface area contributed by atoms with Crippen molar-refractivity contribution in [2.45, 2.75) is 6.18 Å². The van der Waals surface area contributed by atoms with Gasteiger partial charge in [-0.25, -0.2) is 4.39 Å². The molecule has 0 aliphatic rings. The Balaban J connectivity index is 3.49. The Labute approximate surface area is 88.4 Å². The summed E-state index contributed by atoms with van der Waals surface area (Å²) in [4.78, 5) is 0. The topological polar surface area (TPSA) is 49.7 Å². The maximum atomic E-state index is 12.9. The highest BCUT2D eigenvalue weighted by Crippen LogP contribution is 2.35. The van der Waals surface area contributed by atoms with Gasteiger partial charge in [-0.3, -0.25) is 0 Å². The average Bonchev–Trinajstić information content (AvgIpc) is 2.14. The van der Waals surface area contributed by atoms with E-state index in [1.54, 1.807) is 0 Å². The standard InChI is InChI=1S/C8H7BF4O3/c1-16-7-5(8(11,12)13)2-4(10)3-6(7)9(14)15/h2-3,14-15H,1H3. The van der Waals surface area contributed by atoms with Gasteiger partial charge < -0.3 is 14.8 Å². The molecular formula is C8H7BF4O3. The van der Waals surface area contributed by atoms with Crippen LogP contribution in [0.2, 0.25) is 0 Å². The number of halogens is 4. The molecule has 16 heavy (non-hydrogen) atoms. The van der Waals surface area contributed by atoms with Gasteiger partial charge in [0.15, 0.2) is 0 Å². The molecule has 0 radical (unpaired) electrons. The van der Waals surface area contributed by atoms with Crippen LogP contribution in [0.25, 0.3) is 0 Å². The van der Waals surface area contributed by atoms with E-state index in [9.17, 15) is 17.6 Å². The third kappa shape index (κ3) is 2.45. The summed E-state index contributed by atoms with van der Waals surface area (Å²) in [5, 5.41) is 17.6. The first-order valence-electron chi connectivity index (χ1n) is 4.08. The monoisotopic (exact) mass is 238 g/mol. The predicted molar refractivity (Wildman–Crippen MR) is 47.8 cm³/mol. The predicted octanol–water partition coefficient (Wildman–Crippen LogP) is 0.533. The van der Waals surface area contributed by atoms with Crippen LogP contribution in [-0.2, 0) is 6.18 Å². The molecule has 0 aliphatic heterocycles. The third-order valence-electron chi connectivity index (χ3n) is 1.87. The van der Waals surface area contributed by atoms with Crippen LogP contribution in [0.1, 0.15) is 5.56 Å². The number of alkyl halides is 3. The van der Waals surface area contributed by atoms with E-state index in [1.807, 2.05) is 0 Å². The molecule has 1 aromatic carbocycles. The lowest BCUT2D eigenvalue weighted by molar-refractivity contribution is -0.138. The van der Waals surface area contributed by atoms with Crippen molar-refractivity contribution < 1.29 is 32.3 Å². The maximum absolute atomic E-state index is 12.9. The second-order valence-electron chi connectivity index (χ2n) is 2.95. The minimum Gasteiger partial charge on any atom is -0.496 e. The molecule has 2 N–H and O–H groups in total. The molecule has 0 aromatic heterocycles. The Morgan fingerprint density at radius 3 is 2.19 bits per heavy atom. The Morgan fingerprint density at radius 1 is 1.25 bits per heavy atom. The molecule has 88 valence electrons. The molecule has 0 spiro atoms. The molecule has 0 saturated heterocycles. The van der Waals surface area contributed by atoms with Crippen molar-refractivity contribution in [1.29, 1.82) is 0 Å². The SMILES string of the molecule is COc1c(B(O)O)cc(F)cc1C(F)(F)F. The first-order chi connectivity index (χ1) is 7.27. The van der Waals surface area contributed by atoms with Crippen LogP contribution in [0.15, 0.2) is 12.1 Å². The summed E-state index contributed by atoms with van der Waals surface area (Å²) in [6.07, 6.45) is -4.84. The van der Waals surface area contributed by atoms with Crippen LogP contribution >= 0.6 is 0 Å². The summed E-state index contributed by atoms with van der Waals surface area (Å²) in [6, 6.07) is 0.795. The summed E-state index contributed by atoms with van der Waals surface area (Å²) >= 11 is 0. The molecule has 0 heterocycles. The summed E-state index contributed by atoms with van der Waals surface area (Å²) < 4.78 is 54.6. The van der Waals surface area contributed by atoms with Gasteiger partial charge in [0.05, 0.1) is 12.7 Å². The largest absolute Gasteiger partial charge is 0.496 e. The van der Waals surface area contributed by atoms with Crippen LogP contribution in [0.4, 0.5) is 17.6 Å². The zero-order valence-electron chi connectivity index (χ0n) is 8.05. The second kappa shape index (κ2) is 4.30. The Hall–Kier alpha value is -1.28. The molecule has 1 aromatic rings. The van der Waals surface area contributed by atoms with Gasteiger partial charge in [0.1, 0.15) is 11.6 Å². The second-order valence-corrected chi connectivity index (χ2v) is 2.95. The van der Waals surface area contributed by atoms with Crippen LogP contribution in [-0.4, -0.2) is 24.3 Å². The van der Waals surface area contributed by atoms with Crippen LogP contribution in [0.5, 0.6) is 5.75 Å². The number of ether oxygens (including phenoxy) is 1. The van der Waals surface area contributed by atoms with E-state index in [0.29, 0.717) is 6.07 Å². The van der Waals surface area contributed by atoms with E-state index in [4.69, 9.17) is 10.0 Å². The highest BCUT2D eigenvalue weighted by atomic mass is 19.4. The summed E-state index contributed by atoms with van der Waals surface area (Å²) in [5.74, 6) is -2.03. The Bertz CT molecular complexity index is 392. The lowest BCUT2D eigenvalue weighted by atomic mass is 9.78.